The van der Waals surface area contributed by atoms with E-state index in [0.717, 1.165) is 30.4 Å². The van der Waals surface area contributed by atoms with E-state index < -0.39 is 0 Å². The Morgan fingerprint density at radius 2 is 2.00 bits per heavy atom. The summed E-state index contributed by atoms with van der Waals surface area (Å²) in [6, 6.07) is 7.65. The normalized spacial score (nSPS) is 12.6. The fourth-order valence-corrected chi connectivity index (χ4v) is 1.82. The number of nitrogens with zero attached hydrogens (tertiary/aromatic N) is 3. The largest absolute Gasteiger partial charge is 0.396 e. The van der Waals surface area contributed by atoms with Crippen molar-refractivity contribution < 1.29 is 5.11 Å². The number of hydrogen-bond acceptors (Lipinski definition) is 5. The molecule has 0 aliphatic heterocycles. The Kier molecular flexibility index (Phi) is 4.41. The van der Waals surface area contributed by atoms with E-state index in [9.17, 15) is 0 Å². The van der Waals surface area contributed by atoms with Crippen molar-refractivity contribution >= 4 is 17.0 Å². The van der Waals surface area contributed by atoms with E-state index in [1.807, 2.05) is 24.3 Å². The SMILES string of the molecule is CCC(CCO)CNc1nnc2ccccc2n1. The minimum atomic E-state index is 0.219. The van der Waals surface area contributed by atoms with Crippen LogP contribution >= 0.6 is 0 Å². The van der Waals surface area contributed by atoms with Gasteiger partial charge in [0.05, 0.1) is 5.52 Å². The molecule has 0 aliphatic carbocycles. The first-order valence-electron chi connectivity index (χ1n) is 6.27. The Balaban J connectivity index is 2.03. The van der Waals surface area contributed by atoms with Crippen molar-refractivity contribution in [1.29, 1.82) is 0 Å². The maximum atomic E-state index is 8.93. The second-order valence-corrected chi connectivity index (χ2v) is 4.29. The molecule has 5 nitrogen and oxygen atoms in total. The standard InChI is InChI=1S/C13H18N4O/c1-2-10(7-8-18)9-14-13-15-11-5-3-4-6-12(11)16-17-13/h3-6,10,18H,2,7-9H2,1H3,(H,14,15,17). The first-order chi connectivity index (χ1) is 8.83. The van der Waals surface area contributed by atoms with Gasteiger partial charge >= 0.3 is 0 Å². The smallest absolute Gasteiger partial charge is 0.243 e. The summed E-state index contributed by atoms with van der Waals surface area (Å²) in [5, 5.41) is 20.3. The Morgan fingerprint density at radius 1 is 1.22 bits per heavy atom. The molecule has 2 aromatic rings. The van der Waals surface area contributed by atoms with E-state index in [2.05, 4.69) is 27.4 Å². The van der Waals surface area contributed by atoms with E-state index in [1.165, 1.54) is 0 Å². The number of fused-ring (bicyclic) bond motifs is 1. The maximum absolute atomic E-state index is 8.93. The number of aromatic nitrogens is 3. The highest BCUT2D eigenvalue weighted by Crippen LogP contribution is 2.11. The number of benzene rings is 1. The highest BCUT2D eigenvalue weighted by molar-refractivity contribution is 5.73. The molecule has 1 aromatic carbocycles. The van der Waals surface area contributed by atoms with Crippen LogP contribution in [-0.2, 0) is 0 Å². The van der Waals surface area contributed by atoms with Crippen molar-refractivity contribution in [1.82, 2.24) is 15.2 Å². The van der Waals surface area contributed by atoms with E-state index >= 15 is 0 Å². The van der Waals surface area contributed by atoms with Crippen molar-refractivity contribution in [3.8, 4) is 0 Å². The zero-order chi connectivity index (χ0) is 12.8. The number of para-hydroxylation sites is 1. The van der Waals surface area contributed by atoms with Crippen LogP contribution in [-0.4, -0.2) is 33.4 Å². The highest BCUT2D eigenvalue weighted by atomic mass is 16.3. The molecule has 18 heavy (non-hydrogen) atoms. The summed E-state index contributed by atoms with van der Waals surface area (Å²) in [5.41, 5.74) is 1.63. The second-order valence-electron chi connectivity index (χ2n) is 4.29. The van der Waals surface area contributed by atoms with Gasteiger partial charge in [-0.05, 0) is 24.5 Å². The minimum absolute atomic E-state index is 0.219. The molecule has 0 saturated carbocycles. The minimum Gasteiger partial charge on any atom is -0.396 e. The molecule has 0 spiro atoms. The number of aliphatic hydroxyl groups is 1. The summed E-state index contributed by atoms with van der Waals surface area (Å²) in [6.45, 7) is 3.09. The quantitative estimate of drug-likeness (QED) is 0.814. The van der Waals surface area contributed by atoms with Crippen LogP contribution in [0.2, 0.25) is 0 Å². The Bertz CT molecular complexity index is 503. The molecule has 1 heterocycles. The van der Waals surface area contributed by atoms with Crippen LogP contribution in [0.15, 0.2) is 24.3 Å². The lowest BCUT2D eigenvalue weighted by molar-refractivity contribution is 0.258. The van der Waals surface area contributed by atoms with Gasteiger partial charge in [-0.25, -0.2) is 4.98 Å². The first-order valence-corrected chi connectivity index (χ1v) is 6.27. The van der Waals surface area contributed by atoms with Crippen molar-refractivity contribution in [2.24, 2.45) is 5.92 Å². The predicted molar refractivity (Wildman–Crippen MR) is 71.3 cm³/mol. The third-order valence-corrected chi connectivity index (χ3v) is 3.02. The third-order valence-electron chi connectivity index (χ3n) is 3.02. The molecule has 96 valence electrons. The second kappa shape index (κ2) is 6.26. The van der Waals surface area contributed by atoms with Gasteiger partial charge in [-0.1, -0.05) is 25.5 Å². The number of nitrogens with one attached hydrogen (secondary N) is 1. The van der Waals surface area contributed by atoms with Crippen LogP contribution in [0.3, 0.4) is 0 Å². The molecule has 0 radical (unpaired) electrons. The number of anilines is 1. The molecular weight excluding hydrogens is 228 g/mol. The van der Waals surface area contributed by atoms with Crippen molar-refractivity contribution in [3.05, 3.63) is 24.3 Å². The number of aliphatic hydroxyl groups excluding tert-OH is 1. The van der Waals surface area contributed by atoms with Crippen molar-refractivity contribution in [2.75, 3.05) is 18.5 Å². The summed E-state index contributed by atoms with van der Waals surface area (Å²) in [4.78, 5) is 4.39. The van der Waals surface area contributed by atoms with Gasteiger partial charge in [0.25, 0.3) is 0 Å². The fourth-order valence-electron chi connectivity index (χ4n) is 1.82. The molecule has 0 aliphatic rings. The van der Waals surface area contributed by atoms with Gasteiger partial charge in [0.1, 0.15) is 5.52 Å². The highest BCUT2D eigenvalue weighted by Gasteiger charge is 2.07. The number of hydrogen-bond donors (Lipinski definition) is 2. The Morgan fingerprint density at radius 3 is 2.72 bits per heavy atom. The summed E-state index contributed by atoms with van der Waals surface area (Å²) in [5.74, 6) is 0.982. The average molecular weight is 246 g/mol. The van der Waals surface area contributed by atoms with Crippen LogP contribution < -0.4 is 5.32 Å². The van der Waals surface area contributed by atoms with Crippen LogP contribution in [0.25, 0.3) is 11.0 Å². The maximum Gasteiger partial charge on any atom is 0.243 e. The molecule has 2 N–H and O–H groups in total. The fraction of sp³-hybridized carbons (Fsp3) is 0.462. The third kappa shape index (κ3) is 3.13. The summed E-state index contributed by atoms with van der Waals surface area (Å²) < 4.78 is 0. The van der Waals surface area contributed by atoms with E-state index in [1.54, 1.807) is 0 Å². The lowest BCUT2D eigenvalue weighted by atomic mass is 10.0. The molecule has 5 heteroatoms. The zero-order valence-electron chi connectivity index (χ0n) is 10.5. The topological polar surface area (TPSA) is 70.9 Å². The van der Waals surface area contributed by atoms with E-state index in [-0.39, 0.29) is 6.61 Å². The summed E-state index contributed by atoms with van der Waals surface area (Å²) >= 11 is 0. The monoisotopic (exact) mass is 246 g/mol. The van der Waals surface area contributed by atoms with Crippen molar-refractivity contribution in [3.63, 3.8) is 0 Å². The van der Waals surface area contributed by atoms with Gasteiger partial charge in [-0.3, -0.25) is 0 Å². The van der Waals surface area contributed by atoms with Crippen LogP contribution in [0.5, 0.6) is 0 Å². The van der Waals surface area contributed by atoms with E-state index in [0.29, 0.717) is 11.9 Å². The molecule has 2 rings (SSSR count). The molecule has 1 atom stereocenters. The molecular formula is C13H18N4O. The van der Waals surface area contributed by atoms with Crippen LogP contribution in [0.4, 0.5) is 5.95 Å². The van der Waals surface area contributed by atoms with Crippen molar-refractivity contribution in [2.45, 2.75) is 19.8 Å². The van der Waals surface area contributed by atoms with Crippen LogP contribution in [0, 0.1) is 5.92 Å². The molecule has 1 aromatic heterocycles. The summed E-state index contributed by atoms with van der Waals surface area (Å²) in [6.07, 6.45) is 1.82. The lowest BCUT2D eigenvalue weighted by Gasteiger charge is -2.13. The number of rotatable bonds is 6. The van der Waals surface area contributed by atoms with Gasteiger partial charge in [-0.15, -0.1) is 10.2 Å². The Labute approximate surface area is 106 Å². The molecule has 0 fully saturated rings. The van der Waals surface area contributed by atoms with Gasteiger partial charge < -0.3 is 10.4 Å². The molecule has 1 unspecified atom stereocenters. The Hall–Kier alpha value is -1.75. The van der Waals surface area contributed by atoms with Gasteiger partial charge in [0.2, 0.25) is 5.95 Å². The summed E-state index contributed by atoms with van der Waals surface area (Å²) in [7, 11) is 0. The van der Waals surface area contributed by atoms with Gasteiger partial charge in [0, 0.05) is 13.2 Å². The van der Waals surface area contributed by atoms with Gasteiger partial charge in [-0.2, -0.15) is 0 Å². The lowest BCUT2D eigenvalue weighted by Crippen LogP contribution is -2.16. The zero-order valence-corrected chi connectivity index (χ0v) is 10.5. The van der Waals surface area contributed by atoms with E-state index in [4.69, 9.17) is 5.11 Å². The predicted octanol–water partition coefficient (Wildman–Crippen LogP) is 1.85. The molecule has 0 saturated heterocycles. The average Bonchev–Trinajstić information content (AvgIpc) is 2.43. The van der Waals surface area contributed by atoms with Crippen LogP contribution in [0.1, 0.15) is 19.8 Å². The molecule has 0 amide bonds. The van der Waals surface area contributed by atoms with Gasteiger partial charge in [0.15, 0.2) is 0 Å². The first kappa shape index (κ1) is 12.7. The molecule has 0 bridgehead atoms.